The third-order valence-corrected chi connectivity index (χ3v) is 3.94. The second-order valence-electron chi connectivity index (χ2n) is 4.81. The Balaban J connectivity index is 1.83. The number of β-amino-alcohol motifs (C(OH)–C–C–N with tert-alkyl or cyclic N) is 1. The Hall–Kier alpha value is -0.590. The summed E-state index contributed by atoms with van der Waals surface area (Å²) in [6.07, 6.45) is 0.353. The first kappa shape index (κ1) is 12.9. The minimum absolute atomic E-state index is 0.0151. The highest BCUT2D eigenvalue weighted by Crippen LogP contribution is 2.22. The number of aromatic nitrogens is 2. The molecule has 6 heteroatoms. The van der Waals surface area contributed by atoms with E-state index in [2.05, 4.69) is 29.3 Å². The fourth-order valence-electron chi connectivity index (χ4n) is 1.76. The van der Waals surface area contributed by atoms with Gasteiger partial charge in [-0.05, 0) is 18.1 Å². The molecule has 96 valence electrons. The van der Waals surface area contributed by atoms with Crippen LogP contribution in [0.2, 0.25) is 0 Å². The van der Waals surface area contributed by atoms with E-state index in [0.29, 0.717) is 24.8 Å². The van der Waals surface area contributed by atoms with Gasteiger partial charge in [-0.2, -0.15) is 16.7 Å². The molecule has 2 heterocycles. The van der Waals surface area contributed by atoms with Crippen molar-refractivity contribution in [1.29, 1.82) is 0 Å². The lowest BCUT2D eigenvalue weighted by atomic mass is 10.2. The second-order valence-corrected chi connectivity index (χ2v) is 5.84. The molecule has 0 bridgehead atoms. The fourth-order valence-corrected chi connectivity index (χ4v) is 2.65. The summed E-state index contributed by atoms with van der Waals surface area (Å²) in [6.45, 7) is 4.99. The van der Waals surface area contributed by atoms with Crippen LogP contribution in [-0.2, 0) is 5.75 Å². The molecule has 0 aromatic carbocycles. The average Bonchev–Trinajstić information content (AvgIpc) is 2.86. The molecule has 0 amide bonds. The maximum absolute atomic E-state index is 9.41. The van der Waals surface area contributed by atoms with Crippen LogP contribution < -0.4 is 5.32 Å². The predicted octanol–water partition coefficient (Wildman–Crippen LogP) is 1.35. The molecule has 5 nitrogen and oxygen atoms in total. The molecule has 2 unspecified atom stereocenters. The van der Waals surface area contributed by atoms with E-state index in [-0.39, 0.29) is 12.1 Å². The maximum Gasteiger partial charge on any atom is 0.243 e. The highest BCUT2D eigenvalue weighted by Gasteiger charge is 2.27. The van der Waals surface area contributed by atoms with Crippen LogP contribution in [0.3, 0.4) is 0 Å². The summed E-state index contributed by atoms with van der Waals surface area (Å²) in [5.74, 6) is 3.91. The topological polar surface area (TPSA) is 71.2 Å². The molecule has 0 saturated carbocycles. The normalized spacial score (nSPS) is 24.7. The van der Waals surface area contributed by atoms with Gasteiger partial charge in [-0.1, -0.05) is 19.0 Å². The van der Waals surface area contributed by atoms with Crippen LogP contribution in [0.1, 0.15) is 38.0 Å². The largest absolute Gasteiger partial charge is 0.392 e. The van der Waals surface area contributed by atoms with E-state index in [4.69, 9.17) is 4.52 Å². The summed E-state index contributed by atoms with van der Waals surface area (Å²) in [4.78, 5) is 4.35. The Bertz CT molecular complexity index is 356. The van der Waals surface area contributed by atoms with Gasteiger partial charge in [-0.25, -0.2) is 0 Å². The van der Waals surface area contributed by atoms with Gasteiger partial charge < -0.3 is 14.9 Å². The number of hydrogen-bond donors (Lipinski definition) is 2. The average molecular weight is 257 g/mol. The van der Waals surface area contributed by atoms with E-state index in [1.54, 1.807) is 0 Å². The SMILES string of the molecule is CC(C)CSCc1noc(C2CC(O)CN2)n1. The number of hydrogen-bond acceptors (Lipinski definition) is 6. The van der Waals surface area contributed by atoms with Gasteiger partial charge in [-0.3, -0.25) is 0 Å². The Labute approximate surface area is 105 Å². The number of rotatable bonds is 5. The number of aliphatic hydroxyl groups is 1. The molecule has 17 heavy (non-hydrogen) atoms. The minimum Gasteiger partial charge on any atom is -0.392 e. The monoisotopic (exact) mass is 257 g/mol. The van der Waals surface area contributed by atoms with Crippen LogP contribution in [0.15, 0.2) is 4.52 Å². The van der Waals surface area contributed by atoms with E-state index < -0.39 is 0 Å². The number of thioether (sulfide) groups is 1. The second kappa shape index (κ2) is 5.84. The third kappa shape index (κ3) is 3.69. The van der Waals surface area contributed by atoms with Crippen molar-refractivity contribution in [2.45, 2.75) is 38.2 Å². The van der Waals surface area contributed by atoms with Gasteiger partial charge in [0.25, 0.3) is 0 Å². The molecule has 0 spiro atoms. The van der Waals surface area contributed by atoms with Crippen LogP contribution >= 0.6 is 11.8 Å². The quantitative estimate of drug-likeness (QED) is 0.830. The van der Waals surface area contributed by atoms with Gasteiger partial charge in [0.15, 0.2) is 5.82 Å². The van der Waals surface area contributed by atoms with Crippen LogP contribution in [0, 0.1) is 5.92 Å². The summed E-state index contributed by atoms with van der Waals surface area (Å²) in [6, 6.07) is 0.0151. The lowest BCUT2D eigenvalue weighted by Gasteiger charge is -2.02. The molecule has 1 aromatic heterocycles. The number of nitrogens with zero attached hydrogens (tertiary/aromatic N) is 2. The molecular weight excluding hydrogens is 238 g/mol. The Kier molecular flexibility index (Phi) is 4.42. The van der Waals surface area contributed by atoms with Crippen LogP contribution in [-0.4, -0.2) is 33.6 Å². The van der Waals surface area contributed by atoms with E-state index in [0.717, 1.165) is 17.3 Å². The van der Waals surface area contributed by atoms with Crippen molar-refractivity contribution >= 4 is 11.8 Å². The molecular formula is C11H19N3O2S. The molecule has 2 atom stereocenters. The molecule has 1 aliphatic heterocycles. The van der Waals surface area contributed by atoms with Crippen molar-refractivity contribution in [3.63, 3.8) is 0 Å². The van der Waals surface area contributed by atoms with Crippen molar-refractivity contribution in [1.82, 2.24) is 15.5 Å². The molecule has 2 rings (SSSR count). The van der Waals surface area contributed by atoms with Gasteiger partial charge in [0.05, 0.1) is 17.9 Å². The standard InChI is InChI=1S/C11H19N3O2S/c1-7(2)5-17-6-10-13-11(16-14-10)9-3-8(15)4-12-9/h7-9,12,15H,3-6H2,1-2H3. The maximum atomic E-state index is 9.41. The highest BCUT2D eigenvalue weighted by atomic mass is 32.2. The van der Waals surface area contributed by atoms with Gasteiger partial charge in [0, 0.05) is 6.54 Å². The van der Waals surface area contributed by atoms with Crippen LogP contribution in [0.4, 0.5) is 0 Å². The number of nitrogens with one attached hydrogen (secondary N) is 1. The summed E-state index contributed by atoms with van der Waals surface area (Å²) in [5, 5.41) is 16.5. The summed E-state index contributed by atoms with van der Waals surface area (Å²) < 4.78 is 5.21. The minimum atomic E-state index is -0.300. The molecule has 1 fully saturated rings. The fraction of sp³-hybridized carbons (Fsp3) is 0.818. The Morgan fingerprint density at radius 3 is 3.06 bits per heavy atom. The van der Waals surface area contributed by atoms with Crippen LogP contribution in [0.25, 0.3) is 0 Å². The first-order valence-corrected chi connectivity index (χ1v) is 7.12. The zero-order chi connectivity index (χ0) is 12.3. The smallest absolute Gasteiger partial charge is 0.243 e. The zero-order valence-electron chi connectivity index (χ0n) is 10.2. The summed E-state index contributed by atoms with van der Waals surface area (Å²) >= 11 is 1.82. The van der Waals surface area contributed by atoms with E-state index in [1.807, 2.05) is 11.8 Å². The first-order valence-electron chi connectivity index (χ1n) is 5.97. The molecule has 2 N–H and O–H groups in total. The lowest BCUT2D eigenvalue weighted by molar-refractivity contribution is 0.191. The Morgan fingerprint density at radius 1 is 1.59 bits per heavy atom. The van der Waals surface area contributed by atoms with Crippen molar-refractivity contribution in [2.75, 3.05) is 12.3 Å². The first-order chi connectivity index (χ1) is 8.15. The van der Waals surface area contributed by atoms with Crippen molar-refractivity contribution < 1.29 is 9.63 Å². The molecule has 1 aliphatic rings. The predicted molar refractivity (Wildman–Crippen MR) is 66.7 cm³/mol. The molecule has 0 radical (unpaired) electrons. The van der Waals surface area contributed by atoms with Gasteiger partial charge in [0.1, 0.15) is 0 Å². The zero-order valence-corrected chi connectivity index (χ0v) is 11.0. The summed E-state index contributed by atoms with van der Waals surface area (Å²) in [7, 11) is 0. The third-order valence-electron chi connectivity index (χ3n) is 2.57. The van der Waals surface area contributed by atoms with Gasteiger partial charge in [-0.15, -0.1) is 0 Å². The molecule has 1 saturated heterocycles. The van der Waals surface area contributed by atoms with Crippen LogP contribution in [0.5, 0.6) is 0 Å². The van der Waals surface area contributed by atoms with Gasteiger partial charge in [0.2, 0.25) is 5.89 Å². The highest BCUT2D eigenvalue weighted by molar-refractivity contribution is 7.98. The van der Waals surface area contributed by atoms with E-state index in [1.165, 1.54) is 0 Å². The molecule has 0 aliphatic carbocycles. The van der Waals surface area contributed by atoms with Crippen molar-refractivity contribution in [3.8, 4) is 0 Å². The molecule has 1 aromatic rings. The lowest BCUT2D eigenvalue weighted by Crippen LogP contribution is -2.15. The number of aliphatic hydroxyl groups excluding tert-OH is 1. The van der Waals surface area contributed by atoms with Gasteiger partial charge >= 0.3 is 0 Å². The van der Waals surface area contributed by atoms with Crippen molar-refractivity contribution in [2.24, 2.45) is 5.92 Å². The Morgan fingerprint density at radius 2 is 2.41 bits per heavy atom. The van der Waals surface area contributed by atoms with Crippen molar-refractivity contribution in [3.05, 3.63) is 11.7 Å². The van der Waals surface area contributed by atoms with E-state index in [9.17, 15) is 5.11 Å². The van der Waals surface area contributed by atoms with E-state index >= 15 is 0 Å². The summed E-state index contributed by atoms with van der Waals surface area (Å²) in [5.41, 5.74) is 0.